The van der Waals surface area contributed by atoms with Crippen LogP contribution in [0.1, 0.15) is 5.56 Å². The van der Waals surface area contributed by atoms with E-state index in [9.17, 15) is 4.79 Å². The first-order chi connectivity index (χ1) is 10.8. The van der Waals surface area contributed by atoms with Crippen molar-refractivity contribution in [1.82, 2.24) is 4.98 Å². The van der Waals surface area contributed by atoms with Gasteiger partial charge in [0.2, 0.25) is 5.91 Å². The third kappa shape index (κ3) is 3.62. The summed E-state index contributed by atoms with van der Waals surface area (Å²) in [5.41, 5.74) is 2.80. The number of nitrogens with one attached hydrogen (secondary N) is 1. The molecule has 5 heteroatoms. The van der Waals surface area contributed by atoms with Crippen molar-refractivity contribution in [2.45, 2.75) is 6.42 Å². The fourth-order valence-corrected chi connectivity index (χ4v) is 2.54. The number of amides is 1. The van der Waals surface area contributed by atoms with Crippen LogP contribution in [-0.2, 0) is 16.0 Å². The Hall–Kier alpha value is -2.40. The first kappa shape index (κ1) is 14.5. The van der Waals surface area contributed by atoms with Crippen LogP contribution in [0.15, 0.2) is 48.8 Å². The molecule has 5 nitrogen and oxygen atoms in total. The molecule has 1 aromatic heterocycles. The minimum atomic E-state index is -0.0336. The number of hydrogen-bond donors (Lipinski definition) is 1. The number of morpholine rings is 1. The van der Waals surface area contributed by atoms with Gasteiger partial charge in [-0.25, -0.2) is 0 Å². The molecule has 114 valence electrons. The zero-order chi connectivity index (χ0) is 15.2. The number of anilines is 2. The van der Waals surface area contributed by atoms with E-state index in [0.717, 1.165) is 43.2 Å². The van der Waals surface area contributed by atoms with Crippen LogP contribution in [0.3, 0.4) is 0 Å². The van der Waals surface area contributed by atoms with E-state index in [1.807, 2.05) is 36.4 Å². The molecule has 1 amide bonds. The lowest BCUT2D eigenvalue weighted by atomic mass is 10.2. The second-order valence-electron chi connectivity index (χ2n) is 5.20. The molecule has 1 aliphatic rings. The van der Waals surface area contributed by atoms with Crippen molar-refractivity contribution in [3.05, 3.63) is 54.4 Å². The highest BCUT2D eigenvalue weighted by molar-refractivity contribution is 5.95. The first-order valence-electron chi connectivity index (χ1n) is 7.43. The van der Waals surface area contributed by atoms with Gasteiger partial charge in [-0.1, -0.05) is 18.2 Å². The van der Waals surface area contributed by atoms with Crippen LogP contribution in [0.2, 0.25) is 0 Å². The highest BCUT2D eigenvalue weighted by atomic mass is 16.5. The number of ether oxygens (including phenoxy) is 1. The van der Waals surface area contributed by atoms with Crippen LogP contribution in [0.4, 0.5) is 11.4 Å². The van der Waals surface area contributed by atoms with Crippen molar-refractivity contribution in [3.8, 4) is 0 Å². The Morgan fingerprint density at radius 1 is 1.18 bits per heavy atom. The van der Waals surface area contributed by atoms with E-state index in [1.165, 1.54) is 0 Å². The second-order valence-corrected chi connectivity index (χ2v) is 5.20. The molecule has 0 bridgehead atoms. The van der Waals surface area contributed by atoms with Gasteiger partial charge in [0.15, 0.2) is 0 Å². The Morgan fingerprint density at radius 3 is 2.77 bits per heavy atom. The van der Waals surface area contributed by atoms with Crippen molar-refractivity contribution in [2.75, 3.05) is 36.5 Å². The van der Waals surface area contributed by atoms with E-state index in [2.05, 4.69) is 15.2 Å². The molecule has 3 rings (SSSR count). The predicted molar refractivity (Wildman–Crippen MR) is 86.0 cm³/mol. The van der Waals surface area contributed by atoms with E-state index in [0.29, 0.717) is 6.42 Å². The largest absolute Gasteiger partial charge is 0.378 e. The summed E-state index contributed by atoms with van der Waals surface area (Å²) in [6, 6.07) is 11.6. The monoisotopic (exact) mass is 297 g/mol. The van der Waals surface area contributed by atoms with Crippen molar-refractivity contribution >= 4 is 17.3 Å². The summed E-state index contributed by atoms with van der Waals surface area (Å²) in [6.07, 6.45) is 3.74. The number of pyridine rings is 1. The minimum absolute atomic E-state index is 0.0336. The Bertz CT molecular complexity index is 625. The third-order valence-corrected chi connectivity index (χ3v) is 3.62. The predicted octanol–water partition coefficient (Wildman–Crippen LogP) is 2.10. The van der Waals surface area contributed by atoms with Gasteiger partial charge in [0, 0.05) is 25.5 Å². The SMILES string of the molecule is O=C(Cc1cccnc1)Nc1ccccc1N1CCOCC1. The summed E-state index contributed by atoms with van der Waals surface area (Å²) in [5, 5.41) is 3.01. The number of benzene rings is 1. The topological polar surface area (TPSA) is 54.5 Å². The molecular formula is C17H19N3O2. The average Bonchev–Trinajstić information content (AvgIpc) is 2.57. The van der Waals surface area contributed by atoms with Gasteiger partial charge in [-0.2, -0.15) is 0 Å². The van der Waals surface area contributed by atoms with Gasteiger partial charge in [0.05, 0.1) is 31.0 Å². The molecule has 0 aliphatic carbocycles. The van der Waals surface area contributed by atoms with Gasteiger partial charge in [-0.3, -0.25) is 9.78 Å². The number of hydrogen-bond acceptors (Lipinski definition) is 4. The van der Waals surface area contributed by atoms with E-state index < -0.39 is 0 Å². The molecule has 1 aromatic carbocycles. The van der Waals surface area contributed by atoms with E-state index >= 15 is 0 Å². The molecule has 0 radical (unpaired) electrons. The zero-order valence-electron chi connectivity index (χ0n) is 12.4. The van der Waals surface area contributed by atoms with Crippen LogP contribution in [0.5, 0.6) is 0 Å². The van der Waals surface area contributed by atoms with Gasteiger partial charge in [-0.15, -0.1) is 0 Å². The summed E-state index contributed by atoms with van der Waals surface area (Å²) in [7, 11) is 0. The van der Waals surface area contributed by atoms with Crippen LogP contribution in [-0.4, -0.2) is 37.2 Å². The summed E-state index contributed by atoms with van der Waals surface area (Å²) < 4.78 is 5.39. The highest BCUT2D eigenvalue weighted by Crippen LogP contribution is 2.26. The number of para-hydroxylation sites is 2. The van der Waals surface area contributed by atoms with Crippen LogP contribution in [0, 0.1) is 0 Å². The molecule has 0 unspecified atom stereocenters. The maximum atomic E-state index is 12.2. The van der Waals surface area contributed by atoms with Gasteiger partial charge < -0.3 is 15.0 Å². The highest BCUT2D eigenvalue weighted by Gasteiger charge is 2.15. The van der Waals surface area contributed by atoms with Gasteiger partial charge in [0.25, 0.3) is 0 Å². The fraction of sp³-hybridized carbons (Fsp3) is 0.294. The number of carbonyl (C=O) groups is 1. The molecule has 1 aliphatic heterocycles. The van der Waals surface area contributed by atoms with Crippen molar-refractivity contribution < 1.29 is 9.53 Å². The molecule has 1 saturated heterocycles. The summed E-state index contributed by atoms with van der Waals surface area (Å²) in [5.74, 6) is -0.0336. The lowest BCUT2D eigenvalue weighted by Gasteiger charge is -2.30. The molecule has 1 fully saturated rings. The number of carbonyl (C=O) groups excluding carboxylic acids is 1. The fourth-order valence-electron chi connectivity index (χ4n) is 2.54. The molecule has 1 N–H and O–H groups in total. The van der Waals surface area contributed by atoms with E-state index in [-0.39, 0.29) is 5.91 Å². The van der Waals surface area contributed by atoms with Crippen LogP contribution >= 0.6 is 0 Å². The summed E-state index contributed by atoms with van der Waals surface area (Å²) in [4.78, 5) is 18.5. The van der Waals surface area contributed by atoms with Gasteiger partial charge in [0.1, 0.15) is 0 Å². The summed E-state index contributed by atoms with van der Waals surface area (Å²) >= 11 is 0. The standard InChI is InChI=1S/C17H19N3O2/c21-17(12-14-4-3-7-18-13-14)19-15-5-1-2-6-16(15)20-8-10-22-11-9-20/h1-7,13H,8-12H2,(H,19,21). The van der Waals surface area contributed by atoms with Crippen LogP contribution in [0.25, 0.3) is 0 Å². The maximum Gasteiger partial charge on any atom is 0.228 e. The molecular weight excluding hydrogens is 278 g/mol. The van der Waals surface area contributed by atoms with Crippen LogP contribution < -0.4 is 10.2 Å². The number of aromatic nitrogens is 1. The van der Waals surface area contributed by atoms with E-state index in [1.54, 1.807) is 12.4 Å². The molecule has 2 heterocycles. The molecule has 0 spiro atoms. The van der Waals surface area contributed by atoms with Gasteiger partial charge >= 0.3 is 0 Å². The Kier molecular flexibility index (Phi) is 4.65. The minimum Gasteiger partial charge on any atom is -0.378 e. The Morgan fingerprint density at radius 2 is 2.00 bits per heavy atom. The molecule has 2 aromatic rings. The second kappa shape index (κ2) is 7.04. The van der Waals surface area contributed by atoms with Crippen molar-refractivity contribution in [2.24, 2.45) is 0 Å². The normalized spacial score (nSPS) is 14.6. The Balaban J connectivity index is 1.70. The first-order valence-corrected chi connectivity index (χ1v) is 7.43. The molecule has 0 saturated carbocycles. The quantitative estimate of drug-likeness (QED) is 0.939. The van der Waals surface area contributed by atoms with Crippen molar-refractivity contribution in [1.29, 1.82) is 0 Å². The summed E-state index contributed by atoms with van der Waals surface area (Å²) in [6.45, 7) is 3.13. The Labute approximate surface area is 129 Å². The smallest absolute Gasteiger partial charge is 0.228 e. The number of rotatable bonds is 4. The zero-order valence-corrected chi connectivity index (χ0v) is 12.4. The third-order valence-electron chi connectivity index (χ3n) is 3.62. The average molecular weight is 297 g/mol. The maximum absolute atomic E-state index is 12.2. The van der Waals surface area contributed by atoms with Crippen molar-refractivity contribution in [3.63, 3.8) is 0 Å². The van der Waals surface area contributed by atoms with Gasteiger partial charge in [-0.05, 0) is 23.8 Å². The molecule has 0 atom stereocenters. The lowest BCUT2D eigenvalue weighted by molar-refractivity contribution is -0.115. The van der Waals surface area contributed by atoms with E-state index in [4.69, 9.17) is 4.74 Å². The number of nitrogens with zero attached hydrogens (tertiary/aromatic N) is 2. The molecule has 22 heavy (non-hydrogen) atoms. The lowest BCUT2D eigenvalue weighted by Crippen LogP contribution is -2.36.